The zero-order chi connectivity index (χ0) is 21.3. The Balaban J connectivity index is 2.92. The molecule has 1 aliphatic rings. The molecular formula is C17H42O5S2Si4. The van der Waals surface area contributed by atoms with Crippen LogP contribution < -0.4 is 0 Å². The molecule has 168 valence electrons. The molecule has 28 heavy (non-hydrogen) atoms. The minimum atomic E-state index is -2.83. The van der Waals surface area contributed by atoms with Gasteiger partial charge in [-0.1, -0.05) is 19.3 Å². The SMILES string of the molecule is CO[Si]1(C)O[Si](C)(C)CSCCCCCCCSC[Si](C)(C)O[Si](C)(OC)O1. The molecule has 0 aliphatic carbocycles. The molecule has 1 saturated heterocycles. The van der Waals surface area contributed by atoms with E-state index in [4.69, 9.17) is 21.2 Å². The molecule has 1 aliphatic heterocycles. The van der Waals surface area contributed by atoms with Crippen molar-refractivity contribution in [2.75, 3.05) is 36.5 Å². The molecule has 0 bridgehead atoms. The topological polar surface area (TPSA) is 46.2 Å². The average molecular weight is 503 g/mol. The van der Waals surface area contributed by atoms with Crippen LogP contribution in [0.3, 0.4) is 0 Å². The molecule has 0 amide bonds. The summed E-state index contributed by atoms with van der Waals surface area (Å²) in [7, 11) is -6.10. The van der Waals surface area contributed by atoms with Crippen molar-refractivity contribution in [3.63, 3.8) is 0 Å². The maximum absolute atomic E-state index is 6.58. The molecule has 1 rings (SSSR count). The Labute approximate surface area is 186 Å². The number of hydrogen-bond donors (Lipinski definition) is 0. The van der Waals surface area contributed by atoms with Gasteiger partial charge in [-0.15, -0.1) is 0 Å². The maximum Gasteiger partial charge on any atom is 0.479 e. The molecule has 11 heteroatoms. The number of rotatable bonds is 2. The first kappa shape index (κ1) is 27.4. The second-order valence-electron chi connectivity index (χ2n) is 8.83. The van der Waals surface area contributed by atoms with Crippen molar-refractivity contribution >= 4 is 57.8 Å². The molecule has 1 fully saturated rings. The van der Waals surface area contributed by atoms with Crippen molar-refractivity contribution in [1.82, 2.24) is 0 Å². The summed E-state index contributed by atoms with van der Waals surface area (Å²) in [5.74, 6) is 2.43. The van der Waals surface area contributed by atoms with E-state index < -0.39 is 34.2 Å². The van der Waals surface area contributed by atoms with Crippen molar-refractivity contribution in [2.45, 2.75) is 71.4 Å². The lowest BCUT2D eigenvalue weighted by molar-refractivity contribution is 0.136. The first-order valence-corrected chi connectivity index (χ1v) is 23.3. The smallest absolute Gasteiger partial charge is 0.415 e. The fourth-order valence-electron chi connectivity index (χ4n) is 3.18. The van der Waals surface area contributed by atoms with Crippen molar-refractivity contribution in [3.8, 4) is 0 Å². The van der Waals surface area contributed by atoms with Crippen LogP contribution in [0, 0.1) is 0 Å². The summed E-state index contributed by atoms with van der Waals surface area (Å²) in [4.78, 5) is 0. The van der Waals surface area contributed by atoms with Crippen LogP contribution in [0.1, 0.15) is 32.1 Å². The normalized spacial score (nSPS) is 34.3. The van der Waals surface area contributed by atoms with Crippen LogP contribution in [0.5, 0.6) is 0 Å². The predicted octanol–water partition coefficient (Wildman–Crippen LogP) is 5.39. The molecule has 0 aromatic heterocycles. The Kier molecular flexibility index (Phi) is 12.2. The minimum Gasteiger partial charge on any atom is -0.415 e. The van der Waals surface area contributed by atoms with Gasteiger partial charge >= 0.3 is 17.6 Å². The van der Waals surface area contributed by atoms with Crippen LogP contribution in [0.4, 0.5) is 0 Å². The van der Waals surface area contributed by atoms with Crippen LogP contribution in [0.15, 0.2) is 0 Å². The van der Waals surface area contributed by atoms with E-state index in [0.29, 0.717) is 0 Å². The summed E-state index contributed by atoms with van der Waals surface area (Å²) in [5.41, 5.74) is 0. The molecule has 0 N–H and O–H groups in total. The van der Waals surface area contributed by atoms with Gasteiger partial charge in [0.05, 0.1) is 0 Å². The molecule has 0 spiro atoms. The minimum absolute atomic E-state index is 1.06. The van der Waals surface area contributed by atoms with Crippen LogP contribution in [0.25, 0.3) is 0 Å². The summed E-state index contributed by atoms with van der Waals surface area (Å²) < 4.78 is 31.3. The third-order valence-electron chi connectivity index (χ3n) is 4.51. The monoisotopic (exact) mass is 502 g/mol. The van der Waals surface area contributed by atoms with E-state index in [0.717, 1.165) is 10.8 Å². The molecule has 1 heterocycles. The van der Waals surface area contributed by atoms with Gasteiger partial charge in [-0.3, -0.25) is 0 Å². The van der Waals surface area contributed by atoms with Gasteiger partial charge in [0.2, 0.25) is 0 Å². The third-order valence-corrected chi connectivity index (χ3v) is 24.7. The molecule has 2 unspecified atom stereocenters. The summed E-state index contributed by atoms with van der Waals surface area (Å²) in [5, 5.41) is 2.12. The van der Waals surface area contributed by atoms with Crippen molar-refractivity contribution in [1.29, 1.82) is 0 Å². The molecule has 0 radical (unpaired) electrons. The highest BCUT2D eigenvalue weighted by Crippen LogP contribution is 2.28. The lowest BCUT2D eigenvalue weighted by Gasteiger charge is -2.40. The summed E-state index contributed by atoms with van der Waals surface area (Å²) in [6.07, 6.45) is 6.65. The van der Waals surface area contributed by atoms with E-state index in [-0.39, 0.29) is 0 Å². The van der Waals surface area contributed by atoms with Crippen LogP contribution in [-0.2, 0) is 21.2 Å². The summed E-state index contributed by atoms with van der Waals surface area (Å²) in [6, 6.07) is 0. The van der Waals surface area contributed by atoms with E-state index in [9.17, 15) is 0 Å². The van der Waals surface area contributed by atoms with Gasteiger partial charge in [-0.2, -0.15) is 23.5 Å². The van der Waals surface area contributed by atoms with Crippen molar-refractivity contribution in [3.05, 3.63) is 0 Å². The Bertz CT molecular complexity index is 423. The average Bonchev–Trinajstić information content (AvgIpc) is 2.57. The summed E-state index contributed by atoms with van der Waals surface area (Å²) >= 11 is 4.04. The molecule has 2 atom stereocenters. The van der Waals surface area contributed by atoms with Crippen LogP contribution in [-0.4, -0.2) is 70.7 Å². The standard InChI is InChI=1S/C17H42O5S2Si4/c1-18-27(7)20-25(3,4)16-23-14-12-10-9-11-13-15-24-17-26(5,6)21-28(8,19-2)22-27/h9-17H2,1-8H3. The highest BCUT2D eigenvalue weighted by Gasteiger charge is 2.51. The van der Waals surface area contributed by atoms with Crippen molar-refractivity contribution in [2.24, 2.45) is 0 Å². The highest BCUT2D eigenvalue weighted by atomic mass is 32.2. The Morgan fingerprint density at radius 2 is 0.929 bits per heavy atom. The number of hydrogen-bond acceptors (Lipinski definition) is 7. The van der Waals surface area contributed by atoms with Crippen LogP contribution in [0.2, 0.25) is 39.3 Å². The predicted molar refractivity (Wildman–Crippen MR) is 133 cm³/mol. The largest absolute Gasteiger partial charge is 0.479 e. The van der Waals surface area contributed by atoms with Crippen molar-refractivity contribution < 1.29 is 21.2 Å². The Morgan fingerprint density at radius 3 is 1.29 bits per heavy atom. The maximum atomic E-state index is 6.58. The highest BCUT2D eigenvalue weighted by molar-refractivity contribution is 8.01. The van der Waals surface area contributed by atoms with Crippen LogP contribution >= 0.6 is 23.5 Å². The lowest BCUT2D eigenvalue weighted by atomic mass is 10.2. The van der Waals surface area contributed by atoms with Gasteiger partial charge in [-0.25, -0.2) is 0 Å². The number of thioether (sulfide) groups is 2. The fraction of sp³-hybridized carbons (Fsp3) is 1.00. The zero-order valence-corrected chi connectivity index (χ0v) is 24.9. The molecular weight excluding hydrogens is 461 g/mol. The first-order valence-electron chi connectivity index (χ1n) is 10.3. The van der Waals surface area contributed by atoms with Gasteiger partial charge in [0.15, 0.2) is 16.6 Å². The molecule has 0 aromatic carbocycles. The van der Waals surface area contributed by atoms with Gasteiger partial charge in [0.25, 0.3) is 0 Å². The lowest BCUT2D eigenvalue weighted by Crippen LogP contribution is -2.62. The van der Waals surface area contributed by atoms with Gasteiger partial charge in [-0.05, 0) is 50.5 Å². The van der Waals surface area contributed by atoms with E-state index in [1.54, 1.807) is 14.2 Å². The van der Waals surface area contributed by atoms with E-state index in [1.165, 1.54) is 43.6 Å². The molecule has 5 nitrogen and oxygen atoms in total. The second kappa shape index (κ2) is 12.4. The summed E-state index contributed by atoms with van der Waals surface area (Å²) in [6.45, 7) is 13.0. The van der Waals surface area contributed by atoms with Gasteiger partial charge in [0, 0.05) is 38.1 Å². The fourth-order valence-corrected chi connectivity index (χ4v) is 23.8. The molecule has 0 saturated carbocycles. The Morgan fingerprint density at radius 1 is 0.571 bits per heavy atom. The third kappa shape index (κ3) is 11.1. The second-order valence-corrected chi connectivity index (χ2v) is 26.5. The van der Waals surface area contributed by atoms with E-state index in [1.807, 2.05) is 36.6 Å². The quantitative estimate of drug-likeness (QED) is 0.469. The van der Waals surface area contributed by atoms with Gasteiger partial charge in [0.1, 0.15) is 0 Å². The Hall–Kier alpha value is 1.37. The first-order chi connectivity index (χ1) is 12.9. The molecule has 0 aromatic rings. The van der Waals surface area contributed by atoms with E-state index >= 15 is 0 Å². The van der Waals surface area contributed by atoms with Gasteiger partial charge < -0.3 is 21.2 Å². The van der Waals surface area contributed by atoms with E-state index in [2.05, 4.69) is 26.2 Å². The zero-order valence-electron chi connectivity index (χ0n) is 19.2.